The molecule has 2 aromatic rings. The van der Waals surface area contributed by atoms with Gasteiger partial charge in [-0.1, -0.05) is 23.4 Å². The first-order chi connectivity index (χ1) is 18.2. The number of thioether (sulfide) groups is 1. The molecule has 198 valence electrons. The average Bonchev–Trinajstić information content (AvgIpc) is 3.44. The van der Waals surface area contributed by atoms with E-state index in [1.54, 1.807) is 43.3 Å². The van der Waals surface area contributed by atoms with Gasteiger partial charge in [-0.25, -0.2) is 4.79 Å². The lowest BCUT2D eigenvalue weighted by Gasteiger charge is -2.55. The van der Waals surface area contributed by atoms with E-state index in [2.05, 4.69) is 5.43 Å². The van der Waals surface area contributed by atoms with E-state index >= 15 is 0 Å². The van der Waals surface area contributed by atoms with Crippen molar-refractivity contribution >= 4 is 63.8 Å². The number of rotatable bonds is 6. The molecule has 1 aromatic carbocycles. The smallest absolute Gasteiger partial charge is 0.339 e. The molecule has 4 saturated carbocycles. The first-order valence-corrected chi connectivity index (χ1v) is 14.5. The van der Waals surface area contributed by atoms with Crippen molar-refractivity contribution in [3.8, 4) is 11.3 Å². The summed E-state index contributed by atoms with van der Waals surface area (Å²) in [5.74, 6) is 1.87. The summed E-state index contributed by atoms with van der Waals surface area (Å²) in [5.41, 5.74) is 3.39. The number of amides is 2. The van der Waals surface area contributed by atoms with E-state index in [1.165, 1.54) is 24.3 Å². The number of carbonyl (C=O) groups excluding carboxylic acids is 3. The van der Waals surface area contributed by atoms with E-state index in [9.17, 15) is 14.4 Å². The lowest BCUT2D eigenvalue weighted by molar-refractivity contribution is -0.152. The fourth-order valence-electron chi connectivity index (χ4n) is 6.93. The normalized spacial score (nSPS) is 28.8. The van der Waals surface area contributed by atoms with Crippen molar-refractivity contribution in [2.75, 3.05) is 6.61 Å². The molecule has 0 spiro atoms. The molecule has 4 aliphatic carbocycles. The number of benzene rings is 1. The molecule has 7 nitrogen and oxygen atoms in total. The molecule has 0 unspecified atom stereocenters. The standard InChI is InChI=1S/C28H27ClN2O5S2/c1-2-35-25(33)20-10-18(3-5-21(20)29)22-6-4-19(36-22)11-23-24(32)31(27(37)38-23)30-26(34)28-12-15-7-16(13-28)9-17(8-15)14-28/h3-6,10-11,15-17H,2,7-9,12-14H2,1H3,(H,30,34)/b23-11+. The van der Waals surface area contributed by atoms with Crippen molar-refractivity contribution in [3.05, 3.63) is 51.6 Å². The lowest BCUT2D eigenvalue weighted by Crippen LogP contribution is -2.57. The molecular weight excluding hydrogens is 544 g/mol. The Hall–Kier alpha value is -2.62. The number of ether oxygens (including phenoxy) is 1. The van der Waals surface area contributed by atoms with Crippen LogP contribution in [0.25, 0.3) is 17.4 Å². The number of carbonyl (C=O) groups is 3. The first kappa shape index (κ1) is 25.6. The molecule has 5 aliphatic rings. The number of esters is 1. The van der Waals surface area contributed by atoms with Gasteiger partial charge in [0.1, 0.15) is 11.5 Å². The Bertz CT molecular complexity index is 1350. The molecule has 10 heteroatoms. The molecular formula is C28H27ClN2O5S2. The van der Waals surface area contributed by atoms with Gasteiger partial charge in [0, 0.05) is 11.6 Å². The zero-order valence-electron chi connectivity index (χ0n) is 20.8. The van der Waals surface area contributed by atoms with Gasteiger partial charge in [-0.2, -0.15) is 5.01 Å². The van der Waals surface area contributed by atoms with Gasteiger partial charge in [0.2, 0.25) is 5.91 Å². The van der Waals surface area contributed by atoms with Crippen molar-refractivity contribution in [1.29, 1.82) is 0 Å². The monoisotopic (exact) mass is 570 g/mol. The SMILES string of the molecule is CCOC(=O)c1cc(-c2ccc(/C=C3/SC(=S)N(NC(=O)C45CC6CC(CC(C6)C4)C5)C3=O)o2)ccc1Cl. The van der Waals surface area contributed by atoms with E-state index < -0.39 is 5.97 Å². The molecule has 4 bridgehead atoms. The molecule has 2 amide bonds. The van der Waals surface area contributed by atoms with E-state index in [1.807, 2.05) is 0 Å². The van der Waals surface area contributed by atoms with Crippen molar-refractivity contribution in [2.45, 2.75) is 45.4 Å². The van der Waals surface area contributed by atoms with Crippen LogP contribution in [0.1, 0.15) is 61.6 Å². The predicted molar refractivity (Wildman–Crippen MR) is 149 cm³/mol. The maximum absolute atomic E-state index is 13.5. The van der Waals surface area contributed by atoms with Crippen LogP contribution in [-0.2, 0) is 14.3 Å². The first-order valence-electron chi connectivity index (χ1n) is 12.9. The summed E-state index contributed by atoms with van der Waals surface area (Å²) in [5, 5.41) is 1.50. The van der Waals surface area contributed by atoms with Crippen LogP contribution in [0.2, 0.25) is 5.02 Å². The summed E-state index contributed by atoms with van der Waals surface area (Å²) < 4.78 is 11.3. The summed E-state index contributed by atoms with van der Waals surface area (Å²) >= 11 is 12.8. The van der Waals surface area contributed by atoms with Crippen LogP contribution in [0.15, 0.2) is 39.7 Å². The Morgan fingerprint density at radius 3 is 2.53 bits per heavy atom. The fraction of sp³-hybridized carbons (Fsp3) is 0.429. The Labute approximate surface area is 235 Å². The van der Waals surface area contributed by atoms with Gasteiger partial charge in [0.05, 0.1) is 27.5 Å². The molecule has 0 radical (unpaired) electrons. The van der Waals surface area contributed by atoms with Gasteiger partial charge < -0.3 is 9.15 Å². The molecule has 38 heavy (non-hydrogen) atoms. The van der Waals surface area contributed by atoms with Crippen molar-refractivity contribution in [2.24, 2.45) is 23.2 Å². The molecule has 1 N–H and O–H groups in total. The van der Waals surface area contributed by atoms with Crippen LogP contribution < -0.4 is 5.43 Å². The summed E-state index contributed by atoms with van der Waals surface area (Å²) in [6.07, 6.45) is 8.06. The summed E-state index contributed by atoms with van der Waals surface area (Å²) in [6, 6.07) is 8.45. The number of hydrazine groups is 1. The third-order valence-corrected chi connectivity index (χ3v) is 9.81. The summed E-state index contributed by atoms with van der Waals surface area (Å²) in [4.78, 5) is 39.2. The summed E-state index contributed by atoms with van der Waals surface area (Å²) in [6.45, 7) is 1.97. The van der Waals surface area contributed by atoms with Crippen LogP contribution in [0, 0.1) is 23.2 Å². The highest BCUT2D eigenvalue weighted by Crippen LogP contribution is 2.60. The Morgan fingerprint density at radius 1 is 1.18 bits per heavy atom. The third-order valence-electron chi connectivity index (χ3n) is 8.17. The number of hydrogen-bond acceptors (Lipinski definition) is 7. The van der Waals surface area contributed by atoms with Gasteiger partial charge in [0.15, 0.2) is 4.32 Å². The minimum Gasteiger partial charge on any atom is -0.462 e. The van der Waals surface area contributed by atoms with E-state index in [4.69, 9.17) is 33.0 Å². The van der Waals surface area contributed by atoms with Crippen LogP contribution in [0.3, 0.4) is 0 Å². The van der Waals surface area contributed by atoms with E-state index in [0.29, 0.717) is 49.1 Å². The second-order valence-corrected chi connectivity index (χ2v) is 12.9. The average molecular weight is 571 g/mol. The molecule has 1 saturated heterocycles. The van der Waals surface area contributed by atoms with Crippen LogP contribution in [0.4, 0.5) is 0 Å². The van der Waals surface area contributed by atoms with Gasteiger partial charge in [-0.05, 0) is 106 Å². The number of nitrogens with zero attached hydrogens (tertiary/aromatic N) is 1. The zero-order chi connectivity index (χ0) is 26.6. The van der Waals surface area contributed by atoms with Gasteiger partial charge >= 0.3 is 5.97 Å². The van der Waals surface area contributed by atoms with Crippen molar-refractivity contribution in [3.63, 3.8) is 0 Å². The second kappa shape index (κ2) is 9.84. The third kappa shape index (κ3) is 4.58. The highest BCUT2D eigenvalue weighted by atomic mass is 35.5. The maximum Gasteiger partial charge on any atom is 0.339 e. The zero-order valence-corrected chi connectivity index (χ0v) is 23.2. The molecule has 5 fully saturated rings. The maximum atomic E-state index is 13.5. The predicted octanol–water partition coefficient (Wildman–Crippen LogP) is 6.23. The van der Waals surface area contributed by atoms with Gasteiger partial charge in [-0.15, -0.1) is 0 Å². The van der Waals surface area contributed by atoms with E-state index in [0.717, 1.165) is 31.0 Å². The van der Waals surface area contributed by atoms with Crippen LogP contribution in [0.5, 0.6) is 0 Å². The number of thiocarbonyl (C=S) groups is 1. The minimum atomic E-state index is -0.509. The molecule has 0 atom stereocenters. The van der Waals surface area contributed by atoms with Crippen molar-refractivity contribution in [1.82, 2.24) is 10.4 Å². The number of halogens is 1. The largest absolute Gasteiger partial charge is 0.462 e. The topological polar surface area (TPSA) is 88.9 Å². The van der Waals surface area contributed by atoms with Crippen molar-refractivity contribution < 1.29 is 23.5 Å². The Balaban J connectivity index is 1.17. The second-order valence-electron chi connectivity index (χ2n) is 10.8. The minimum absolute atomic E-state index is 0.0745. The molecule has 1 aromatic heterocycles. The highest BCUT2D eigenvalue weighted by molar-refractivity contribution is 8.26. The number of nitrogens with one attached hydrogen (secondary N) is 1. The Morgan fingerprint density at radius 2 is 1.87 bits per heavy atom. The quantitative estimate of drug-likeness (QED) is 0.250. The fourth-order valence-corrected chi connectivity index (χ4v) is 8.29. The highest BCUT2D eigenvalue weighted by Gasteiger charge is 2.55. The van der Waals surface area contributed by atoms with Gasteiger partial charge in [0.25, 0.3) is 5.91 Å². The van der Waals surface area contributed by atoms with E-state index in [-0.39, 0.29) is 29.4 Å². The lowest BCUT2D eigenvalue weighted by atomic mass is 9.49. The van der Waals surface area contributed by atoms with Crippen LogP contribution >= 0.6 is 35.6 Å². The Kier molecular flexibility index (Phi) is 6.64. The van der Waals surface area contributed by atoms with Crippen LogP contribution in [-0.4, -0.2) is 33.7 Å². The van der Waals surface area contributed by atoms with Gasteiger partial charge in [-0.3, -0.25) is 15.0 Å². The molecule has 1 aliphatic heterocycles. The molecule has 2 heterocycles. The molecule has 7 rings (SSSR count). The number of hydrogen-bond donors (Lipinski definition) is 1. The number of furan rings is 1. The summed E-state index contributed by atoms with van der Waals surface area (Å²) in [7, 11) is 0.